The number of anilines is 2. The second-order valence-corrected chi connectivity index (χ2v) is 5.40. The first-order chi connectivity index (χ1) is 11.7. The second-order valence-electron chi connectivity index (χ2n) is 4.96. The highest BCUT2D eigenvalue weighted by Crippen LogP contribution is 2.14. The number of nitrogens with one attached hydrogen (secondary N) is 2. The molecule has 0 atom stereocenters. The van der Waals surface area contributed by atoms with Gasteiger partial charge in [0.1, 0.15) is 17.8 Å². The molecule has 0 fully saturated rings. The van der Waals surface area contributed by atoms with Crippen molar-refractivity contribution in [3.63, 3.8) is 0 Å². The minimum atomic E-state index is -0.316. The summed E-state index contributed by atoms with van der Waals surface area (Å²) in [5.74, 6) is 0.249. The number of rotatable bonds is 5. The van der Waals surface area contributed by atoms with Crippen LogP contribution in [-0.2, 0) is 6.54 Å². The van der Waals surface area contributed by atoms with Gasteiger partial charge >= 0.3 is 0 Å². The molecule has 0 saturated carbocycles. The van der Waals surface area contributed by atoms with Crippen LogP contribution >= 0.6 is 11.6 Å². The molecule has 3 aromatic rings. The zero-order chi connectivity index (χ0) is 16.8. The molecule has 120 valence electrons. The van der Waals surface area contributed by atoms with Crippen molar-refractivity contribution in [2.45, 2.75) is 6.54 Å². The van der Waals surface area contributed by atoms with E-state index in [-0.39, 0.29) is 11.6 Å². The van der Waals surface area contributed by atoms with Gasteiger partial charge in [-0.3, -0.25) is 9.78 Å². The first kappa shape index (κ1) is 15.9. The number of benzene rings is 1. The number of hydrogen-bond donors (Lipinski definition) is 2. The SMILES string of the molecule is O=C(Nc1ccc(Cl)cc1)c1cc(NCc2cccnc2)ncn1. The number of carbonyl (C=O) groups is 1. The van der Waals surface area contributed by atoms with Gasteiger partial charge in [-0.2, -0.15) is 0 Å². The molecule has 0 aliphatic carbocycles. The predicted octanol–water partition coefficient (Wildman–Crippen LogP) is 3.39. The molecule has 0 aliphatic rings. The predicted molar refractivity (Wildman–Crippen MR) is 93.0 cm³/mol. The Morgan fingerprint density at radius 2 is 1.96 bits per heavy atom. The van der Waals surface area contributed by atoms with Crippen LogP contribution in [0.5, 0.6) is 0 Å². The molecule has 0 spiro atoms. The highest BCUT2D eigenvalue weighted by Gasteiger charge is 2.09. The van der Waals surface area contributed by atoms with Gasteiger partial charge in [-0.15, -0.1) is 0 Å². The fourth-order valence-electron chi connectivity index (χ4n) is 2.00. The van der Waals surface area contributed by atoms with E-state index in [1.807, 2.05) is 12.1 Å². The van der Waals surface area contributed by atoms with Crippen molar-refractivity contribution in [1.29, 1.82) is 0 Å². The van der Waals surface area contributed by atoms with E-state index >= 15 is 0 Å². The van der Waals surface area contributed by atoms with E-state index in [9.17, 15) is 4.79 Å². The summed E-state index contributed by atoms with van der Waals surface area (Å²) in [6.07, 6.45) is 4.83. The molecule has 2 aromatic heterocycles. The van der Waals surface area contributed by atoms with E-state index in [4.69, 9.17) is 11.6 Å². The summed E-state index contributed by atoms with van der Waals surface area (Å²) in [4.78, 5) is 24.4. The molecule has 7 heteroatoms. The van der Waals surface area contributed by atoms with Crippen LogP contribution in [0.1, 0.15) is 16.1 Å². The summed E-state index contributed by atoms with van der Waals surface area (Å²) in [6, 6.07) is 12.3. The van der Waals surface area contributed by atoms with E-state index in [1.165, 1.54) is 6.33 Å². The summed E-state index contributed by atoms with van der Waals surface area (Å²) in [7, 11) is 0. The maximum absolute atomic E-state index is 12.3. The highest BCUT2D eigenvalue weighted by molar-refractivity contribution is 6.30. The van der Waals surface area contributed by atoms with Crippen molar-refractivity contribution >= 4 is 29.0 Å². The smallest absolute Gasteiger partial charge is 0.274 e. The number of pyridine rings is 1. The van der Waals surface area contributed by atoms with Gasteiger partial charge in [0.15, 0.2) is 0 Å². The molecule has 2 N–H and O–H groups in total. The number of carbonyl (C=O) groups excluding carboxylic acids is 1. The van der Waals surface area contributed by atoms with E-state index in [0.717, 1.165) is 5.56 Å². The lowest BCUT2D eigenvalue weighted by Crippen LogP contribution is -2.14. The normalized spacial score (nSPS) is 10.2. The lowest BCUT2D eigenvalue weighted by molar-refractivity contribution is 0.102. The lowest BCUT2D eigenvalue weighted by atomic mass is 10.3. The van der Waals surface area contributed by atoms with E-state index in [1.54, 1.807) is 42.7 Å². The Morgan fingerprint density at radius 3 is 2.71 bits per heavy atom. The first-order valence-corrected chi connectivity index (χ1v) is 7.60. The van der Waals surface area contributed by atoms with E-state index in [2.05, 4.69) is 25.6 Å². The summed E-state index contributed by atoms with van der Waals surface area (Å²) in [6.45, 7) is 0.559. The van der Waals surface area contributed by atoms with Crippen LogP contribution in [0.15, 0.2) is 61.2 Å². The topological polar surface area (TPSA) is 79.8 Å². The Kier molecular flexibility index (Phi) is 4.98. The molecule has 0 aliphatic heterocycles. The van der Waals surface area contributed by atoms with Gasteiger partial charge in [-0.25, -0.2) is 9.97 Å². The summed E-state index contributed by atoms with van der Waals surface area (Å²) in [5.41, 5.74) is 1.93. The summed E-state index contributed by atoms with van der Waals surface area (Å²) >= 11 is 5.83. The fraction of sp³-hybridized carbons (Fsp3) is 0.0588. The van der Waals surface area contributed by atoms with Gasteiger partial charge < -0.3 is 10.6 Å². The largest absolute Gasteiger partial charge is 0.366 e. The van der Waals surface area contributed by atoms with Gasteiger partial charge in [0.25, 0.3) is 5.91 Å². The monoisotopic (exact) mass is 339 g/mol. The maximum atomic E-state index is 12.3. The third kappa shape index (κ3) is 4.27. The molecule has 24 heavy (non-hydrogen) atoms. The van der Waals surface area contributed by atoms with Crippen molar-refractivity contribution < 1.29 is 4.79 Å². The van der Waals surface area contributed by atoms with Crippen molar-refractivity contribution in [3.8, 4) is 0 Å². The summed E-state index contributed by atoms with van der Waals surface area (Å²) < 4.78 is 0. The number of halogens is 1. The number of amides is 1. The third-order valence-electron chi connectivity index (χ3n) is 3.20. The Balaban J connectivity index is 1.65. The van der Waals surface area contributed by atoms with Crippen molar-refractivity contribution in [2.24, 2.45) is 0 Å². The highest BCUT2D eigenvalue weighted by atomic mass is 35.5. The standard InChI is InChI=1S/C17H14ClN5O/c18-13-3-5-14(6-4-13)23-17(24)15-8-16(22-11-21-15)20-10-12-2-1-7-19-9-12/h1-9,11H,10H2,(H,23,24)(H,20,21,22). The maximum Gasteiger partial charge on any atom is 0.274 e. The van der Waals surface area contributed by atoms with Crippen LogP contribution in [0.2, 0.25) is 5.02 Å². The van der Waals surface area contributed by atoms with Gasteiger partial charge in [-0.1, -0.05) is 17.7 Å². The molecule has 1 amide bonds. The van der Waals surface area contributed by atoms with Crippen LogP contribution in [0, 0.1) is 0 Å². The van der Waals surface area contributed by atoms with Gasteiger partial charge in [0, 0.05) is 35.7 Å². The van der Waals surface area contributed by atoms with Crippen LogP contribution < -0.4 is 10.6 Å². The molecule has 0 unspecified atom stereocenters. The van der Waals surface area contributed by atoms with Crippen LogP contribution in [0.3, 0.4) is 0 Å². The Labute approximate surface area is 143 Å². The minimum absolute atomic E-state index is 0.272. The first-order valence-electron chi connectivity index (χ1n) is 7.22. The van der Waals surface area contributed by atoms with Crippen molar-refractivity contribution in [2.75, 3.05) is 10.6 Å². The van der Waals surface area contributed by atoms with Gasteiger partial charge in [-0.05, 0) is 35.9 Å². The van der Waals surface area contributed by atoms with E-state index < -0.39 is 0 Å². The van der Waals surface area contributed by atoms with Gasteiger partial charge in [0.2, 0.25) is 0 Å². The lowest BCUT2D eigenvalue weighted by Gasteiger charge is -2.08. The van der Waals surface area contributed by atoms with Crippen LogP contribution in [-0.4, -0.2) is 20.9 Å². The van der Waals surface area contributed by atoms with Crippen molar-refractivity contribution in [1.82, 2.24) is 15.0 Å². The fourth-order valence-corrected chi connectivity index (χ4v) is 2.13. The molecule has 3 rings (SSSR count). The van der Waals surface area contributed by atoms with Crippen LogP contribution in [0.25, 0.3) is 0 Å². The molecule has 1 aromatic carbocycles. The molecule has 2 heterocycles. The quantitative estimate of drug-likeness (QED) is 0.744. The molecule has 0 bridgehead atoms. The zero-order valence-electron chi connectivity index (χ0n) is 12.6. The average Bonchev–Trinajstić information content (AvgIpc) is 2.63. The second kappa shape index (κ2) is 7.52. The molecule has 0 radical (unpaired) electrons. The summed E-state index contributed by atoms with van der Waals surface area (Å²) in [5, 5.41) is 6.51. The molecular formula is C17H14ClN5O. The zero-order valence-corrected chi connectivity index (χ0v) is 13.4. The van der Waals surface area contributed by atoms with Crippen LogP contribution in [0.4, 0.5) is 11.5 Å². The Hall–Kier alpha value is -2.99. The number of hydrogen-bond acceptors (Lipinski definition) is 5. The van der Waals surface area contributed by atoms with E-state index in [0.29, 0.717) is 23.1 Å². The van der Waals surface area contributed by atoms with Gasteiger partial charge in [0.05, 0.1) is 0 Å². The number of nitrogens with zero attached hydrogens (tertiary/aromatic N) is 3. The Bertz CT molecular complexity index is 824. The minimum Gasteiger partial charge on any atom is -0.366 e. The third-order valence-corrected chi connectivity index (χ3v) is 3.45. The molecule has 6 nitrogen and oxygen atoms in total. The van der Waals surface area contributed by atoms with Crippen molar-refractivity contribution in [3.05, 3.63) is 77.5 Å². The molecule has 0 saturated heterocycles. The number of aromatic nitrogens is 3. The Morgan fingerprint density at radius 1 is 1.12 bits per heavy atom. The average molecular weight is 340 g/mol. The molecular weight excluding hydrogens is 326 g/mol.